The van der Waals surface area contributed by atoms with Crippen LogP contribution in [0.1, 0.15) is 66.3 Å². The van der Waals surface area contributed by atoms with Gasteiger partial charge in [-0.25, -0.2) is 19.4 Å². The highest BCUT2D eigenvalue weighted by Gasteiger charge is 2.37. The third-order valence-electron chi connectivity index (χ3n) is 5.68. The average molecular weight is 492 g/mol. The third-order valence-corrected chi connectivity index (χ3v) is 5.68. The number of imidazole rings is 1. The maximum Gasteiger partial charge on any atom is 0.410 e. The third kappa shape index (κ3) is 5.14. The summed E-state index contributed by atoms with van der Waals surface area (Å²) in [5, 5.41) is 2.72. The van der Waals surface area contributed by atoms with Gasteiger partial charge in [0.15, 0.2) is 11.5 Å². The zero-order chi connectivity index (χ0) is 26.0. The van der Waals surface area contributed by atoms with Crippen molar-refractivity contribution in [3.05, 3.63) is 65.7 Å². The number of primary amides is 1. The number of aromatic nitrogens is 3. The summed E-state index contributed by atoms with van der Waals surface area (Å²) in [6.45, 7) is 5.87. The van der Waals surface area contributed by atoms with E-state index in [1.54, 1.807) is 74.3 Å². The second-order valence-electron chi connectivity index (χ2n) is 9.48. The lowest BCUT2D eigenvalue weighted by Crippen LogP contribution is -2.38. The summed E-state index contributed by atoms with van der Waals surface area (Å²) in [5.41, 5.74) is 6.21. The molecule has 1 atom stereocenters. The first-order valence-electron chi connectivity index (χ1n) is 11.5. The Labute approximate surface area is 208 Å². The highest BCUT2D eigenvalue weighted by Crippen LogP contribution is 2.35. The van der Waals surface area contributed by atoms with E-state index < -0.39 is 23.6 Å². The molecule has 2 aromatic heterocycles. The summed E-state index contributed by atoms with van der Waals surface area (Å²) in [6, 6.07) is 11.3. The van der Waals surface area contributed by atoms with Crippen LogP contribution in [0.15, 0.2) is 48.7 Å². The Morgan fingerprint density at radius 3 is 2.44 bits per heavy atom. The Morgan fingerprint density at radius 2 is 1.83 bits per heavy atom. The topological polar surface area (TPSA) is 158 Å². The Morgan fingerprint density at radius 1 is 1.11 bits per heavy atom. The first-order chi connectivity index (χ1) is 17.0. The van der Waals surface area contributed by atoms with Gasteiger partial charge in [-0.3, -0.25) is 14.5 Å². The molecular formula is C25H29N7O4. The van der Waals surface area contributed by atoms with Crippen LogP contribution in [0.5, 0.6) is 0 Å². The van der Waals surface area contributed by atoms with Crippen molar-refractivity contribution < 1.29 is 19.1 Å². The highest BCUT2D eigenvalue weighted by molar-refractivity contribution is 6.04. The normalized spacial score (nSPS) is 15.5. The second-order valence-corrected chi connectivity index (χ2v) is 9.48. The fourth-order valence-corrected chi connectivity index (χ4v) is 4.10. The van der Waals surface area contributed by atoms with Crippen LogP contribution in [-0.2, 0) is 4.74 Å². The molecule has 0 aliphatic carbocycles. The zero-order valence-electron chi connectivity index (χ0n) is 20.4. The quantitative estimate of drug-likeness (QED) is 0.463. The number of nitrogens with two attached hydrogens (primary N) is 2. The van der Waals surface area contributed by atoms with Crippen LogP contribution in [0.4, 0.5) is 10.6 Å². The summed E-state index contributed by atoms with van der Waals surface area (Å²) >= 11 is 0. The number of carbonyl (C=O) groups excluding carboxylic acids is 3. The van der Waals surface area contributed by atoms with Gasteiger partial charge in [0.25, 0.3) is 11.8 Å². The Balaban J connectivity index is 1.63. The number of ether oxygens (including phenoxy) is 1. The molecule has 188 valence electrons. The average Bonchev–Trinajstić information content (AvgIpc) is 3.43. The van der Waals surface area contributed by atoms with E-state index in [4.69, 9.17) is 16.3 Å². The molecule has 1 aliphatic rings. The van der Waals surface area contributed by atoms with Crippen molar-refractivity contribution in [1.82, 2.24) is 19.5 Å². The Bertz CT molecular complexity index is 1280. The number of hydrogen-bond donors (Lipinski definition) is 3. The molecule has 11 nitrogen and oxygen atoms in total. The maximum absolute atomic E-state index is 12.8. The van der Waals surface area contributed by atoms with Crippen LogP contribution < -0.4 is 16.9 Å². The number of rotatable bonds is 5. The number of carbonyl (C=O) groups is 3. The number of amides is 3. The fourth-order valence-electron chi connectivity index (χ4n) is 4.10. The van der Waals surface area contributed by atoms with Crippen LogP contribution in [-0.4, -0.2) is 49.6 Å². The number of pyridine rings is 1. The molecule has 0 bridgehead atoms. The summed E-state index contributed by atoms with van der Waals surface area (Å²) in [5.74, 6) is 5.95. The minimum Gasteiger partial charge on any atom is -0.444 e. The van der Waals surface area contributed by atoms with Gasteiger partial charge in [-0.1, -0.05) is 18.2 Å². The van der Waals surface area contributed by atoms with Gasteiger partial charge < -0.3 is 21.6 Å². The lowest BCUT2D eigenvalue weighted by molar-refractivity contribution is 0.0217. The predicted octanol–water partition coefficient (Wildman–Crippen LogP) is 3.08. The molecule has 1 saturated heterocycles. The highest BCUT2D eigenvalue weighted by atomic mass is 16.6. The van der Waals surface area contributed by atoms with Crippen molar-refractivity contribution in [2.24, 2.45) is 5.73 Å². The van der Waals surface area contributed by atoms with Gasteiger partial charge in [0, 0.05) is 23.9 Å². The van der Waals surface area contributed by atoms with Gasteiger partial charge in [0.2, 0.25) is 0 Å². The first-order valence-corrected chi connectivity index (χ1v) is 11.5. The van der Waals surface area contributed by atoms with Crippen molar-refractivity contribution in [2.45, 2.75) is 45.3 Å². The van der Waals surface area contributed by atoms with Gasteiger partial charge in [0.05, 0.1) is 6.04 Å². The van der Waals surface area contributed by atoms with Gasteiger partial charge >= 0.3 is 6.09 Å². The van der Waals surface area contributed by atoms with Crippen LogP contribution >= 0.6 is 0 Å². The molecule has 11 heteroatoms. The first kappa shape index (κ1) is 24.7. The SMILES string of the molecule is CC(C)(C)OC(=O)N1CCCC1c1nc(-c2ccc(C(=O)Nc3ccccn3)cc2)c(C(N)=O)n1N. The molecule has 36 heavy (non-hydrogen) atoms. The van der Waals surface area contributed by atoms with E-state index in [1.165, 1.54) is 0 Å². The number of nitrogens with one attached hydrogen (secondary N) is 1. The van der Waals surface area contributed by atoms with E-state index in [0.29, 0.717) is 35.7 Å². The van der Waals surface area contributed by atoms with E-state index in [-0.39, 0.29) is 17.3 Å². The fraction of sp³-hybridized carbons (Fsp3) is 0.320. The monoisotopic (exact) mass is 491 g/mol. The summed E-state index contributed by atoms with van der Waals surface area (Å²) in [7, 11) is 0. The molecule has 1 aliphatic heterocycles. The molecule has 3 aromatic rings. The summed E-state index contributed by atoms with van der Waals surface area (Å²) in [4.78, 5) is 47.9. The minimum atomic E-state index is -0.759. The zero-order valence-corrected chi connectivity index (χ0v) is 20.4. The van der Waals surface area contributed by atoms with Crippen molar-refractivity contribution in [2.75, 3.05) is 17.7 Å². The predicted molar refractivity (Wildman–Crippen MR) is 133 cm³/mol. The lowest BCUT2D eigenvalue weighted by atomic mass is 10.1. The molecule has 0 radical (unpaired) electrons. The van der Waals surface area contributed by atoms with E-state index in [9.17, 15) is 14.4 Å². The van der Waals surface area contributed by atoms with Gasteiger partial charge in [-0.15, -0.1) is 0 Å². The summed E-state index contributed by atoms with van der Waals surface area (Å²) < 4.78 is 6.68. The van der Waals surface area contributed by atoms with Gasteiger partial charge in [-0.05, 0) is 57.9 Å². The molecular weight excluding hydrogens is 462 g/mol. The van der Waals surface area contributed by atoms with E-state index in [2.05, 4.69) is 15.3 Å². The number of anilines is 1. The second kappa shape index (κ2) is 9.68. The van der Waals surface area contributed by atoms with Gasteiger partial charge in [0.1, 0.15) is 17.1 Å². The van der Waals surface area contributed by atoms with Crippen molar-refractivity contribution in [3.63, 3.8) is 0 Å². The molecule has 0 spiro atoms. The molecule has 0 saturated carbocycles. The minimum absolute atomic E-state index is 0.00623. The summed E-state index contributed by atoms with van der Waals surface area (Å²) in [6.07, 6.45) is 2.45. The van der Waals surface area contributed by atoms with Crippen molar-refractivity contribution in [1.29, 1.82) is 0 Å². The van der Waals surface area contributed by atoms with Crippen LogP contribution in [0.3, 0.4) is 0 Å². The molecule has 3 heterocycles. The standard InChI is InChI=1S/C25H29N7O4/c1-25(2,3)36-24(35)31-14-6-7-17(31)22-30-19(20(21(26)33)32(22)27)15-9-11-16(12-10-15)23(34)29-18-8-4-5-13-28-18/h4-5,8-13,17H,6-7,14,27H2,1-3H3,(H2,26,33)(H,28,29,34). The lowest BCUT2D eigenvalue weighted by Gasteiger charge is -2.28. The number of hydrogen-bond acceptors (Lipinski definition) is 7. The molecule has 5 N–H and O–H groups in total. The number of likely N-dealkylation sites (tertiary alicyclic amines) is 1. The smallest absolute Gasteiger partial charge is 0.410 e. The number of benzene rings is 1. The molecule has 1 fully saturated rings. The van der Waals surface area contributed by atoms with E-state index >= 15 is 0 Å². The Hall–Kier alpha value is -4.41. The van der Waals surface area contributed by atoms with Crippen LogP contribution in [0.25, 0.3) is 11.3 Å². The van der Waals surface area contributed by atoms with Crippen molar-refractivity contribution in [3.8, 4) is 11.3 Å². The largest absolute Gasteiger partial charge is 0.444 e. The molecule has 1 unspecified atom stereocenters. The molecule has 4 rings (SSSR count). The number of nitrogen functional groups attached to an aromatic ring is 1. The van der Waals surface area contributed by atoms with Gasteiger partial charge in [-0.2, -0.15) is 0 Å². The maximum atomic E-state index is 12.8. The van der Waals surface area contributed by atoms with E-state index in [1.807, 2.05) is 0 Å². The number of nitrogens with zero attached hydrogens (tertiary/aromatic N) is 4. The van der Waals surface area contributed by atoms with Crippen LogP contribution in [0.2, 0.25) is 0 Å². The molecule has 1 aromatic carbocycles. The van der Waals surface area contributed by atoms with Crippen LogP contribution in [0, 0.1) is 0 Å². The Kier molecular flexibility index (Phi) is 6.65. The van der Waals surface area contributed by atoms with E-state index in [0.717, 1.165) is 11.1 Å². The molecule has 3 amide bonds. The van der Waals surface area contributed by atoms with Crippen molar-refractivity contribution >= 4 is 23.7 Å².